The van der Waals surface area contributed by atoms with Gasteiger partial charge in [-0.05, 0) is 5.75 Å². The van der Waals surface area contributed by atoms with E-state index in [0.29, 0.717) is 0 Å². The van der Waals surface area contributed by atoms with E-state index in [1.165, 1.54) is 0 Å². The Labute approximate surface area is 101 Å². The van der Waals surface area contributed by atoms with E-state index in [1.54, 1.807) is 0 Å². The summed E-state index contributed by atoms with van der Waals surface area (Å²) >= 11 is 4.04. The summed E-state index contributed by atoms with van der Waals surface area (Å²) in [6, 6.07) is 0. The van der Waals surface area contributed by atoms with E-state index in [1.807, 2.05) is 0 Å². The smallest absolute Gasteiger partial charge is 0.337 e. The molecule has 0 aromatic carbocycles. The van der Waals surface area contributed by atoms with Crippen molar-refractivity contribution < 1.29 is 58.2 Å². The van der Waals surface area contributed by atoms with E-state index in [-0.39, 0.29) is 63.6 Å². The van der Waals surface area contributed by atoms with Crippen molar-refractivity contribution in [2.45, 2.75) is 13.8 Å². The third-order valence-corrected chi connectivity index (χ3v) is 1.28. The van der Waals surface area contributed by atoms with Gasteiger partial charge in [0.05, 0.1) is 0 Å². The van der Waals surface area contributed by atoms with Crippen molar-refractivity contribution in [3.8, 4) is 0 Å². The Kier molecular flexibility index (Phi) is 8.46. The molecule has 0 amide bonds. The van der Waals surface area contributed by atoms with Crippen molar-refractivity contribution in [3.63, 3.8) is 0 Å². The summed E-state index contributed by atoms with van der Waals surface area (Å²) in [7, 11) is 0. The Bertz CT molecular complexity index is 37.8. The van der Waals surface area contributed by atoms with E-state index >= 15 is 0 Å². The van der Waals surface area contributed by atoms with Crippen LogP contribution in [0.1, 0.15) is 13.8 Å². The van der Waals surface area contributed by atoms with Crippen molar-refractivity contribution in [1.29, 1.82) is 0 Å². The fourth-order valence-electron chi connectivity index (χ4n) is 0. The van der Waals surface area contributed by atoms with Gasteiger partial charge in [0.25, 0.3) is 0 Å². The van der Waals surface area contributed by atoms with Crippen LogP contribution >= 0.6 is 12.6 Å². The summed E-state index contributed by atoms with van der Waals surface area (Å²) in [6.45, 7) is 7.92. The van der Waals surface area contributed by atoms with Gasteiger partial charge < -0.3 is 6.92 Å². The van der Waals surface area contributed by atoms with E-state index in [9.17, 15) is 0 Å². The zero-order valence-corrected chi connectivity index (χ0v) is 11.2. The maximum absolute atomic E-state index is 4.04. The van der Waals surface area contributed by atoms with Gasteiger partial charge in [-0.1, -0.05) is 13.8 Å². The molecule has 0 bridgehead atoms. The fraction of sp³-hybridized carbons (Fsp3) is 0.800. The molecule has 0 rings (SSSR count). The molecule has 2 heteroatoms. The van der Waals surface area contributed by atoms with Crippen LogP contribution in [0.15, 0.2) is 0 Å². The summed E-state index contributed by atoms with van der Waals surface area (Å²) < 4.78 is 0. The van der Waals surface area contributed by atoms with Gasteiger partial charge in [-0.25, -0.2) is 0 Å². The summed E-state index contributed by atoms with van der Waals surface area (Å²) in [5, 5.41) is 0. The Morgan fingerprint density at radius 2 is 1.71 bits per heavy atom. The molecule has 0 N–H and O–H groups in total. The molecule has 0 aliphatic rings. The first kappa shape index (κ1) is 11.9. The first-order chi connectivity index (χ1) is 2.56. The predicted molar refractivity (Wildman–Crippen MR) is 33.0 cm³/mol. The van der Waals surface area contributed by atoms with Gasteiger partial charge in [0.1, 0.15) is 0 Å². The van der Waals surface area contributed by atoms with Crippen molar-refractivity contribution in [2.24, 2.45) is 5.41 Å². The van der Waals surface area contributed by atoms with Crippen LogP contribution in [0.4, 0.5) is 0 Å². The first-order valence-electron chi connectivity index (χ1n) is 2.02. The van der Waals surface area contributed by atoms with Crippen molar-refractivity contribution >= 4 is 12.6 Å². The maximum Gasteiger partial charge on any atom is 1.00 e. The molecule has 0 aliphatic heterocycles. The molecule has 0 aromatic rings. The SMILES string of the molecule is [CH2-]C(C)(C)CS.[Rb+]. The van der Waals surface area contributed by atoms with Crippen LogP contribution in [0.5, 0.6) is 0 Å². The van der Waals surface area contributed by atoms with Gasteiger partial charge in [0.2, 0.25) is 0 Å². The Balaban J connectivity index is 0. The molecule has 0 aliphatic carbocycles. The normalized spacial score (nSPS) is 10.3. The standard InChI is InChI=1S/C5H11S.Rb/c1-5(2,3)4-6;/h6H,1,4H2,2-3H3;/q-1;+1. The number of hydrogen-bond acceptors (Lipinski definition) is 1. The number of thiol groups is 1. The van der Waals surface area contributed by atoms with Crippen LogP contribution < -0.4 is 58.2 Å². The Morgan fingerprint density at radius 3 is 1.71 bits per heavy atom. The molecule has 0 spiro atoms. The maximum atomic E-state index is 4.04. The zero-order valence-electron chi connectivity index (χ0n) is 5.36. The molecule has 0 aromatic heterocycles. The van der Waals surface area contributed by atoms with Crippen LogP contribution in [0, 0.1) is 12.3 Å². The van der Waals surface area contributed by atoms with E-state index in [4.69, 9.17) is 0 Å². The largest absolute Gasteiger partial charge is 1.00 e. The van der Waals surface area contributed by atoms with Gasteiger partial charge in [0, 0.05) is 0 Å². The molecule has 0 atom stereocenters. The quantitative estimate of drug-likeness (QED) is 0.387. The molecular weight excluding hydrogens is 178 g/mol. The second-order valence-corrected chi connectivity index (χ2v) is 2.64. The molecule has 0 fully saturated rings. The zero-order chi connectivity index (χ0) is 5.21. The second-order valence-electron chi connectivity index (χ2n) is 2.32. The molecule has 0 saturated heterocycles. The molecule has 7 heavy (non-hydrogen) atoms. The van der Waals surface area contributed by atoms with Gasteiger partial charge in [0.15, 0.2) is 0 Å². The summed E-state index contributed by atoms with van der Waals surface area (Å²) in [5.74, 6) is 0.854. The van der Waals surface area contributed by atoms with Gasteiger partial charge in [-0.3, -0.25) is 0 Å². The van der Waals surface area contributed by atoms with Crippen LogP contribution in [-0.4, -0.2) is 5.75 Å². The van der Waals surface area contributed by atoms with E-state index in [2.05, 4.69) is 33.4 Å². The third kappa shape index (κ3) is 11.6. The van der Waals surface area contributed by atoms with Crippen molar-refractivity contribution in [1.82, 2.24) is 0 Å². The van der Waals surface area contributed by atoms with Crippen LogP contribution in [-0.2, 0) is 0 Å². The number of rotatable bonds is 1. The number of hydrogen-bond donors (Lipinski definition) is 1. The van der Waals surface area contributed by atoms with Crippen molar-refractivity contribution in [2.75, 3.05) is 5.75 Å². The first-order valence-corrected chi connectivity index (χ1v) is 2.66. The van der Waals surface area contributed by atoms with E-state index in [0.717, 1.165) is 5.75 Å². The monoisotopic (exact) mass is 188 g/mol. The Morgan fingerprint density at radius 1 is 1.57 bits per heavy atom. The average Bonchev–Trinajstić information content (AvgIpc) is 1.35. The molecule has 38 valence electrons. The van der Waals surface area contributed by atoms with Crippen LogP contribution in [0.3, 0.4) is 0 Å². The molecule has 0 radical (unpaired) electrons. The van der Waals surface area contributed by atoms with Crippen molar-refractivity contribution in [3.05, 3.63) is 6.92 Å². The predicted octanol–water partition coefficient (Wildman–Crippen LogP) is -1.22. The molecule has 0 unspecified atom stereocenters. The van der Waals surface area contributed by atoms with Gasteiger partial charge >= 0.3 is 58.2 Å². The summed E-state index contributed by atoms with van der Waals surface area (Å²) in [4.78, 5) is 0. The molecule has 0 saturated carbocycles. The molecule has 0 nitrogen and oxygen atoms in total. The topological polar surface area (TPSA) is 0 Å². The average molecular weight is 189 g/mol. The minimum absolute atomic E-state index is 0. The summed E-state index contributed by atoms with van der Waals surface area (Å²) in [6.07, 6.45) is 0. The molecular formula is C5H11RbS. The molecule has 0 heterocycles. The summed E-state index contributed by atoms with van der Waals surface area (Å²) in [5.41, 5.74) is 0.156. The Hall–Kier alpha value is 2.16. The third-order valence-electron chi connectivity index (χ3n) is 0.428. The minimum atomic E-state index is 0. The fourth-order valence-corrected chi connectivity index (χ4v) is 0. The second kappa shape index (κ2) is 4.98. The van der Waals surface area contributed by atoms with Crippen LogP contribution in [0.2, 0.25) is 0 Å². The van der Waals surface area contributed by atoms with Crippen LogP contribution in [0.25, 0.3) is 0 Å². The van der Waals surface area contributed by atoms with Gasteiger partial charge in [-0.15, -0.1) is 0 Å². The minimum Gasteiger partial charge on any atom is -0.337 e. The van der Waals surface area contributed by atoms with E-state index < -0.39 is 0 Å². The van der Waals surface area contributed by atoms with Gasteiger partial charge in [-0.2, -0.15) is 18.0 Å².